The molecule has 3 N–H and O–H groups in total. The van der Waals surface area contributed by atoms with Gasteiger partial charge in [-0.3, -0.25) is 4.90 Å². The van der Waals surface area contributed by atoms with Crippen LogP contribution in [0.15, 0.2) is 0 Å². The molecule has 0 aromatic heterocycles. The van der Waals surface area contributed by atoms with Crippen LogP contribution in [0.4, 0.5) is 4.79 Å². The van der Waals surface area contributed by atoms with Crippen LogP contribution in [0.25, 0.3) is 0 Å². The lowest BCUT2D eigenvalue weighted by Crippen LogP contribution is -2.56. The van der Waals surface area contributed by atoms with Gasteiger partial charge in [0, 0.05) is 17.6 Å². The van der Waals surface area contributed by atoms with Gasteiger partial charge in [-0.1, -0.05) is 6.92 Å². The maximum Gasteiger partial charge on any atom is 0.408 e. The van der Waals surface area contributed by atoms with Crippen molar-refractivity contribution < 1.29 is 9.90 Å². The molecule has 2 atom stereocenters. The van der Waals surface area contributed by atoms with Crippen LogP contribution in [0, 0.1) is 0 Å². The highest BCUT2D eigenvalue weighted by atomic mass is 16.4. The Morgan fingerprint density at radius 2 is 1.93 bits per heavy atom. The Hall–Kier alpha value is -0.770. The molecule has 0 bridgehead atoms. The third kappa shape index (κ3) is 3.18. The van der Waals surface area contributed by atoms with Gasteiger partial charge in [-0.25, -0.2) is 4.79 Å². The van der Waals surface area contributed by atoms with E-state index in [9.17, 15) is 4.79 Å². The van der Waals surface area contributed by atoms with E-state index in [0.29, 0.717) is 0 Å². The fourth-order valence-corrected chi connectivity index (χ4v) is 1.60. The van der Waals surface area contributed by atoms with Gasteiger partial charge in [0.05, 0.1) is 0 Å². The highest BCUT2D eigenvalue weighted by molar-refractivity contribution is 5.66. The Morgan fingerprint density at radius 3 is 2.14 bits per heavy atom. The van der Waals surface area contributed by atoms with Crippen LogP contribution in [0.3, 0.4) is 0 Å². The second-order valence-corrected chi connectivity index (χ2v) is 4.64. The number of amides is 1. The topological polar surface area (TPSA) is 66.6 Å². The maximum absolute atomic E-state index is 11.1. The average molecular weight is 202 g/mol. The summed E-state index contributed by atoms with van der Waals surface area (Å²) in [6.45, 7) is 9.44. The largest absolute Gasteiger partial charge is 0.465 e. The Labute approximate surface area is 86.1 Å². The van der Waals surface area contributed by atoms with E-state index in [2.05, 4.69) is 0 Å². The molecule has 0 saturated heterocycles. The quantitative estimate of drug-likeness (QED) is 0.734. The van der Waals surface area contributed by atoms with E-state index < -0.39 is 11.6 Å². The van der Waals surface area contributed by atoms with Gasteiger partial charge in [-0.15, -0.1) is 0 Å². The van der Waals surface area contributed by atoms with Crippen molar-refractivity contribution in [2.45, 2.75) is 58.7 Å². The second kappa shape index (κ2) is 4.64. The van der Waals surface area contributed by atoms with Crippen molar-refractivity contribution in [3.8, 4) is 0 Å². The first-order chi connectivity index (χ1) is 6.21. The molecule has 0 unspecified atom stereocenters. The van der Waals surface area contributed by atoms with Crippen molar-refractivity contribution in [1.82, 2.24) is 4.90 Å². The zero-order valence-corrected chi connectivity index (χ0v) is 9.74. The summed E-state index contributed by atoms with van der Waals surface area (Å²) in [6, 6.07) is -0.261. The number of hydrogen-bond acceptors (Lipinski definition) is 2. The van der Waals surface area contributed by atoms with Gasteiger partial charge in [-0.2, -0.15) is 0 Å². The molecule has 0 aliphatic rings. The Kier molecular flexibility index (Phi) is 4.39. The molecule has 0 fully saturated rings. The summed E-state index contributed by atoms with van der Waals surface area (Å²) < 4.78 is 0. The molecule has 0 saturated carbocycles. The molecule has 0 radical (unpaired) electrons. The van der Waals surface area contributed by atoms with Gasteiger partial charge >= 0.3 is 6.09 Å². The highest BCUT2D eigenvalue weighted by Crippen LogP contribution is 2.19. The summed E-state index contributed by atoms with van der Waals surface area (Å²) in [5.74, 6) is 0. The molecule has 1 amide bonds. The van der Waals surface area contributed by atoms with E-state index in [4.69, 9.17) is 10.8 Å². The van der Waals surface area contributed by atoms with Gasteiger partial charge in [0.2, 0.25) is 0 Å². The normalized spacial score (nSPS) is 16.1. The highest BCUT2D eigenvalue weighted by Gasteiger charge is 2.32. The summed E-state index contributed by atoms with van der Waals surface area (Å²) in [4.78, 5) is 12.5. The van der Waals surface area contributed by atoms with Crippen molar-refractivity contribution in [1.29, 1.82) is 0 Å². The van der Waals surface area contributed by atoms with Crippen LogP contribution in [0.2, 0.25) is 0 Å². The Morgan fingerprint density at radius 1 is 1.50 bits per heavy atom. The smallest absolute Gasteiger partial charge is 0.408 e. The molecular formula is C10H22N2O2. The summed E-state index contributed by atoms with van der Waals surface area (Å²) in [5.41, 5.74) is 5.44. The molecule has 4 nitrogen and oxygen atoms in total. The maximum atomic E-state index is 11.1. The van der Waals surface area contributed by atoms with E-state index in [1.54, 1.807) is 0 Å². The van der Waals surface area contributed by atoms with Gasteiger partial charge < -0.3 is 10.8 Å². The van der Waals surface area contributed by atoms with E-state index in [1.165, 1.54) is 4.90 Å². The molecule has 14 heavy (non-hydrogen) atoms. The molecule has 4 heteroatoms. The lowest BCUT2D eigenvalue weighted by Gasteiger charge is -2.40. The first kappa shape index (κ1) is 13.2. The van der Waals surface area contributed by atoms with Crippen LogP contribution >= 0.6 is 0 Å². The third-order valence-electron chi connectivity index (χ3n) is 2.43. The van der Waals surface area contributed by atoms with E-state index in [-0.39, 0.29) is 12.1 Å². The fraction of sp³-hybridized carbons (Fsp3) is 0.900. The third-order valence-corrected chi connectivity index (χ3v) is 2.43. The van der Waals surface area contributed by atoms with Gasteiger partial charge in [0.1, 0.15) is 0 Å². The molecule has 0 spiro atoms. The molecule has 0 heterocycles. The predicted octanol–water partition coefficient (Wildman–Crippen LogP) is 1.89. The Bertz CT molecular complexity index is 199. The number of hydrogen-bond donors (Lipinski definition) is 2. The summed E-state index contributed by atoms with van der Waals surface area (Å²) in [6.07, 6.45) is -0.130. The first-order valence-electron chi connectivity index (χ1n) is 4.99. The summed E-state index contributed by atoms with van der Waals surface area (Å²) in [7, 11) is 0. The second-order valence-electron chi connectivity index (χ2n) is 4.64. The van der Waals surface area contributed by atoms with Gasteiger partial charge in [0.25, 0.3) is 0 Å². The van der Waals surface area contributed by atoms with Gasteiger partial charge in [-0.05, 0) is 34.1 Å². The lowest BCUT2D eigenvalue weighted by molar-refractivity contribution is 0.0667. The van der Waals surface area contributed by atoms with E-state index in [1.807, 2.05) is 34.6 Å². The number of carbonyl (C=O) groups is 1. The van der Waals surface area contributed by atoms with Crippen molar-refractivity contribution in [3.63, 3.8) is 0 Å². The van der Waals surface area contributed by atoms with Crippen LogP contribution in [-0.4, -0.2) is 33.7 Å². The van der Waals surface area contributed by atoms with Crippen LogP contribution in [0.5, 0.6) is 0 Å². The average Bonchev–Trinajstić information content (AvgIpc) is 1.99. The van der Waals surface area contributed by atoms with E-state index >= 15 is 0 Å². The number of carboxylic acid groups (broad SMARTS) is 1. The SMILES string of the molecule is CC[C@H](N)[C@H](C)N(C(=O)O)C(C)(C)C. The molecule has 0 rings (SSSR count). The van der Waals surface area contributed by atoms with Crippen LogP contribution < -0.4 is 5.73 Å². The number of rotatable bonds is 3. The van der Waals surface area contributed by atoms with Crippen LogP contribution in [-0.2, 0) is 0 Å². The lowest BCUT2D eigenvalue weighted by atomic mass is 9.99. The fourth-order valence-electron chi connectivity index (χ4n) is 1.60. The standard InChI is InChI=1S/C10H22N2O2/c1-6-8(11)7(2)12(9(13)14)10(3,4)5/h7-8H,6,11H2,1-5H3,(H,13,14)/t7-,8-/m0/s1. The minimum atomic E-state index is -0.908. The monoisotopic (exact) mass is 202 g/mol. The zero-order valence-electron chi connectivity index (χ0n) is 9.74. The van der Waals surface area contributed by atoms with Crippen molar-refractivity contribution in [2.24, 2.45) is 5.73 Å². The zero-order chi connectivity index (χ0) is 11.5. The van der Waals surface area contributed by atoms with Crippen molar-refractivity contribution in [3.05, 3.63) is 0 Å². The number of nitrogens with zero attached hydrogens (tertiary/aromatic N) is 1. The van der Waals surface area contributed by atoms with Gasteiger partial charge in [0.15, 0.2) is 0 Å². The summed E-state index contributed by atoms with van der Waals surface area (Å²) in [5, 5.41) is 9.09. The van der Waals surface area contributed by atoms with E-state index in [0.717, 1.165) is 6.42 Å². The molecule has 0 aromatic rings. The minimum absolute atomic E-state index is 0.106. The molecule has 0 aliphatic heterocycles. The molecular weight excluding hydrogens is 180 g/mol. The van der Waals surface area contributed by atoms with Crippen LogP contribution in [0.1, 0.15) is 41.0 Å². The molecule has 0 aromatic carbocycles. The predicted molar refractivity (Wildman–Crippen MR) is 57.3 cm³/mol. The number of nitrogens with two attached hydrogens (primary N) is 1. The van der Waals surface area contributed by atoms with Crippen molar-refractivity contribution >= 4 is 6.09 Å². The molecule has 84 valence electrons. The van der Waals surface area contributed by atoms with Crippen molar-refractivity contribution in [2.75, 3.05) is 0 Å². The molecule has 0 aliphatic carbocycles. The Balaban J connectivity index is 4.76. The first-order valence-corrected chi connectivity index (χ1v) is 4.99. The summed E-state index contributed by atoms with van der Waals surface area (Å²) >= 11 is 0. The minimum Gasteiger partial charge on any atom is -0.465 e.